The first kappa shape index (κ1) is 6.97. The Morgan fingerprint density at radius 1 is 1.42 bits per heavy atom. The van der Waals surface area contributed by atoms with E-state index in [9.17, 15) is 4.79 Å². The van der Waals surface area contributed by atoms with Crippen LogP contribution in [0, 0.1) is 6.92 Å². The number of aromatic nitrogens is 3. The fourth-order valence-electron chi connectivity index (χ4n) is 1.16. The van der Waals surface area contributed by atoms with Crippen LogP contribution in [0.2, 0.25) is 0 Å². The number of rotatable bonds is 0. The number of nitrogens with zero attached hydrogens (tertiary/aromatic N) is 2. The van der Waals surface area contributed by atoms with E-state index in [1.165, 1.54) is 12.4 Å². The van der Waals surface area contributed by atoms with E-state index in [0.717, 1.165) is 0 Å². The summed E-state index contributed by atoms with van der Waals surface area (Å²) in [6.07, 6.45) is 3.02. The van der Waals surface area contributed by atoms with Gasteiger partial charge >= 0.3 is 0 Å². The van der Waals surface area contributed by atoms with Gasteiger partial charge in [-0.3, -0.25) is 4.79 Å². The number of hydrogen-bond acceptors (Lipinski definition) is 3. The number of hydrogen-bond donors (Lipinski definition) is 1. The first-order chi connectivity index (χ1) is 5.79. The second-order valence-electron chi connectivity index (χ2n) is 2.52. The molecule has 0 aromatic carbocycles. The third kappa shape index (κ3) is 0.887. The van der Waals surface area contributed by atoms with Crippen molar-refractivity contribution in [1.29, 1.82) is 0 Å². The second kappa shape index (κ2) is 2.41. The van der Waals surface area contributed by atoms with Crippen molar-refractivity contribution < 1.29 is 0 Å². The third-order valence-electron chi connectivity index (χ3n) is 1.74. The summed E-state index contributed by atoms with van der Waals surface area (Å²) in [7, 11) is 0. The van der Waals surface area contributed by atoms with Crippen LogP contribution in [0.3, 0.4) is 0 Å². The van der Waals surface area contributed by atoms with Gasteiger partial charge in [-0.15, -0.1) is 0 Å². The standard InChI is InChI=1S/C8H7N3O/c1-5-7-6(12)2-3-9-8(7)11-4-10-5/h2-4H,1H3,(H,9,10,11,12). The number of aryl methyl sites for hydroxylation is 1. The lowest BCUT2D eigenvalue weighted by Gasteiger charge is -1.96. The minimum Gasteiger partial charge on any atom is -0.346 e. The Labute approximate surface area is 68.3 Å². The fourth-order valence-corrected chi connectivity index (χ4v) is 1.16. The molecule has 2 heterocycles. The van der Waals surface area contributed by atoms with Crippen LogP contribution in [0.4, 0.5) is 0 Å². The monoisotopic (exact) mass is 161 g/mol. The molecule has 0 aliphatic heterocycles. The summed E-state index contributed by atoms with van der Waals surface area (Å²) in [5.41, 5.74) is 1.26. The SMILES string of the molecule is Cc1ncnc2[nH]ccc(=O)c12. The highest BCUT2D eigenvalue weighted by Gasteiger charge is 2.01. The van der Waals surface area contributed by atoms with E-state index in [1.807, 2.05) is 0 Å². The lowest BCUT2D eigenvalue weighted by Crippen LogP contribution is -2.04. The van der Waals surface area contributed by atoms with Crippen LogP contribution < -0.4 is 5.43 Å². The van der Waals surface area contributed by atoms with Crippen molar-refractivity contribution in [1.82, 2.24) is 15.0 Å². The number of fused-ring (bicyclic) bond motifs is 1. The molecule has 12 heavy (non-hydrogen) atoms. The predicted octanol–water partition coefficient (Wildman–Crippen LogP) is 0.627. The van der Waals surface area contributed by atoms with E-state index >= 15 is 0 Å². The Morgan fingerprint density at radius 3 is 3.00 bits per heavy atom. The summed E-state index contributed by atoms with van der Waals surface area (Å²) in [5.74, 6) is 0. The maximum absolute atomic E-state index is 11.3. The molecule has 0 unspecified atom stereocenters. The van der Waals surface area contributed by atoms with Crippen LogP contribution in [0.5, 0.6) is 0 Å². The van der Waals surface area contributed by atoms with E-state index in [2.05, 4.69) is 15.0 Å². The molecule has 60 valence electrons. The Bertz CT molecular complexity index is 470. The minimum absolute atomic E-state index is 0.0400. The molecule has 4 heteroatoms. The number of nitrogens with one attached hydrogen (secondary N) is 1. The molecule has 0 saturated carbocycles. The van der Waals surface area contributed by atoms with Crippen LogP contribution in [0.25, 0.3) is 11.0 Å². The third-order valence-corrected chi connectivity index (χ3v) is 1.74. The summed E-state index contributed by atoms with van der Waals surface area (Å²) in [5, 5.41) is 0.569. The van der Waals surface area contributed by atoms with Crippen LogP contribution in [-0.2, 0) is 0 Å². The highest BCUT2D eigenvalue weighted by Crippen LogP contribution is 2.04. The van der Waals surface area contributed by atoms with Crippen LogP contribution in [-0.4, -0.2) is 15.0 Å². The minimum atomic E-state index is -0.0400. The van der Waals surface area contributed by atoms with E-state index in [0.29, 0.717) is 16.7 Å². The number of pyridine rings is 1. The molecule has 0 bridgehead atoms. The largest absolute Gasteiger partial charge is 0.346 e. The fraction of sp³-hybridized carbons (Fsp3) is 0.125. The maximum Gasteiger partial charge on any atom is 0.192 e. The molecular formula is C8H7N3O. The molecule has 0 amide bonds. The molecule has 0 saturated heterocycles. The van der Waals surface area contributed by atoms with Crippen LogP contribution >= 0.6 is 0 Å². The van der Waals surface area contributed by atoms with Crippen LogP contribution in [0.1, 0.15) is 5.69 Å². The Balaban J connectivity index is 3.07. The lowest BCUT2D eigenvalue weighted by molar-refractivity contribution is 1.12. The zero-order valence-electron chi connectivity index (χ0n) is 6.53. The van der Waals surface area contributed by atoms with Gasteiger partial charge in [-0.05, 0) is 6.92 Å². The molecule has 2 aromatic heterocycles. The molecule has 0 spiro atoms. The number of aromatic amines is 1. The summed E-state index contributed by atoms with van der Waals surface area (Å²) in [4.78, 5) is 22.1. The molecular weight excluding hydrogens is 154 g/mol. The average Bonchev–Trinajstić information content (AvgIpc) is 2.04. The molecule has 4 nitrogen and oxygen atoms in total. The Kier molecular flexibility index (Phi) is 1.40. The lowest BCUT2D eigenvalue weighted by atomic mass is 10.2. The van der Waals surface area contributed by atoms with Gasteiger partial charge in [-0.1, -0.05) is 0 Å². The smallest absolute Gasteiger partial charge is 0.192 e. The van der Waals surface area contributed by atoms with Crippen LogP contribution in [0.15, 0.2) is 23.4 Å². The Hall–Kier alpha value is -1.71. The predicted molar refractivity (Wildman–Crippen MR) is 44.9 cm³/mol. The van der Waals surface area contributed by atoms with Gasteiger partial charge in [0.15, 0.2) is 5.43 Å². The first-order valence-corrected chi connectivity index (χ1v) is 3.58. The van der Waals surface area contributed by atoms with Gasteiger partial charge in [-0.2, -0.15) is 0 Å². The zero-order valence-corrected chi connectivity index (χ0v) is 6.53. The molecule has 0 atom stereocenters. The molecule has 0 radical (unpaired) electrons. The average molecular weight is 161 g/mol. The Morgan fingerprint density at radius 2 is 2.25 bits per heavy atom. The summed E-state index contributed by atoms with van der Waals surface area (Å²) in [6.45, 7) is 1.79. The molecule has 0 fully saturated rings. The summed E-state index contributed by atoms with van der Waals surface area (Å²) >= 11 is 0. The van der Waals surface area contributed by atoms with E-state index < -0.39 is 0 Å². The van der Waals surface area contributed by atoms with Gasteiger partial charge in [0.05, 0.1) is 11.1 Å². The van der Waals surface area contributed by atoms with E-state index in [1.54, 1.807) is 13.1 Å². The van der Waals surface area contributed by atoms with Crippen molar-refractivity contribution in [3.63, 3.8) is 0 Å². The van der Waals surface area contributed by atoms with Gasteiger partial charge in [0.25, 0.3) is 0 Å². The highest BCUT2D eigenvalue weighted by atomic mass is 16.1. The van der Waals surface area contributed by atoms with Gasteiger partial charge < -0.3 is 4.98 Å². The van der Waals surface area contributed by atoms with E-state index in [-0.39, 0.29) is 5.43 Å². The number of H-pyrrole nitrogens is 1. The molecule has 0 aliphatic carbocycles. The second-order valence-corrected chi connectivity index (χ2v) is 2.52. The topological polar surface area (TPSA) is 58.6 Å². The van der Waals surface area contributed by atoms with Gasteiger partial charge in [0.2, 0.25) is 0 Å². The van der Waals surface area contributed by atoms with E-state index in [4.69, 9.17) is 0 Å². The summed E-state index contributed by atoms with van der Waals surface area (Å²) in [6, 6.07) is 1.47. The normalized spacial score (nSPS) is 10.4. The van der Waals surface area contributed by atoms with Gasteiger partial charge in [0.1, 0.15) is 12.0 Å². The zero-order chi connectivity index (χ0) is 8.55. The van der Waals surface area contributed by atoms with Crippen molar-refractivity contribution >= 4 is 11.0 Å². The molecule has 1 N–H and O–H groups in total. The molecule has 2 aromatic rings. The molecule has 0 aliphatic rings. The quantitative estimate of drug-likeness (QED) is 0.616. The van der Waals surface area contributed by atoms with Crippen molar-refractivity contribution in [2.75, 3.05) is 0 Å². The molecule has 2 rings (SSSR count). The summed E-state index contributed by atoms with van der Waals surface area (Å²) < 4.78 is 0. The van der Waals surface area contributed by atoms with Crippen molar-refractivity contribution in [2.24, 2.45) is 0 Å². The van der Waals surface area contributed by atoms with Gasteiger partial charge in [0, 0.05) is 12.3 Å². The van der Waals surface area contributed by atoms with Crippen molar-refractivity contribution in [3.8, 4) is 0 Å². The first-order valence-electron chi connectivity index (χ1n) is 3.58. The maximum atomic E-state index is 11.3. The van der Waals surface area contributed by atoms with Crippen molar-refractivity contribution in [3.05, 3.63) is 34.5 Å². The van der Waals surface area contributed by atoms with Crippen molar-refractivity contribution in [2.45, 2.75) is 6.92 Å². The van der Waals surface area contributed by atoms with Gasteiger partial charge in [-0.25, -0.2) is 9.97 Å². The highest BCUT2D eigenvalue weighted by molar-refractivity contribution is 5.75.